The lowest BCUT2D eigenvalue weighted by atomic mass is 9.89. The van der Waals surface area contributed by atoms with E-state index in [0.717, 1.165) is 59.3 Å². The number of H-pyrrole nitrogens is 1. The zero-order chi connectivity index (χ0) is 21.2. The zero-order valence-corrected chi connectivity index (χ0v) is 18.7. The van der Waals surface area contributed by atoms with Gasteiger partial charge in [-0.3, -0.25) is 4.79 Å². The van der Waals surface area contributed by atoms with Gasteiger partial charge < -0.3 is 14.3 Å². The van der Waals surface area contributed by atoms with Gasteiger partial charge in [0.25, 0.3) is 5.56 Å². The van der Waals surface area contributed by atoms with E-state index in [9.17, 15) is 9.59 Å². The smallest absolute Gasteiger partial charge is 0.340 e. The summed E-state index contributed by atoms with van der Waals surface area (Å²) in [6.07, 6.45) is 4.74. The van der Waals surface area contributed by atoms with Crippen LogP contribution in [-0.2, 0) is 17.6 Å². The van der Waals surface area contributed by atoms with Crippen LogP contribution in [0, 0.1) is 19.8 Å². The summed E-state index contributed by atoms with van der Waals surface area (Å²) < 4.78 is 7.94. The Morgan fingerprint density at radius 1 is 1.33 bits per heavy atom. The maximum atomic E-state index is 12.8. The number of carbonyl (C=O) groups excluding carboxylic acids is 1. The molecule has 2 aliphatic rings. The molecule has 3 heterocycles. The van der Waals surface area contributed by atoms with Crippen molar-refractivity contribution in [1.29, 1.82) is 0 Å². The fraction of sp³-hybridized carbons (Fsp3) is 0.522. The predicted octanol–water partition coefficient (Wildman–Crippen LogP) is 4.78. The number of nitrogens with zero attached hydrogens (tertiary/aromatic N) is 2. The van der Waals surface area contributed by atoms with E-state index in [2.05, 4.69) is 21.5 Å². The number of thiophene rings is 1. The third kappa shape index (κ3) is 3.20. The van der Waals surface area contributed by atoms with Gasteiger partial charge in [-0.1, -0.05) is 6.92 Å². The molecule has 3 aromatic rings. The Hall–Kier alpha value is -2.41. The van der Waals surface area contributed by atoms with Crippen molar-refractivity contribution in [2.75, 3.05) is 0 Å². The molecule has 30 heavy (non-hydrogen) atoms. The van der Waals surface area contributed by atoms with Crippen LogP contribution in [0.2, 0.25) is 0 Å². The number of hydrogen-bond donors (Lipinski definition) is 1. The highest BCUT2D eigenvalue weighted by Gasteiger charge is 2.30. The van der Waals surface area contributed by atoms with Crippen molar-refractivity contribution in [3.63, 3.8) is 0 Å². The van der Waals surface area contributed by atoms with Crippen molar-refractivity contribution in [3.8, 4) is 0 Å². The normalized spacial score (nSPS) is 19.7. The van der Waals surface area contributed by atoms with E-state index in [-0.39, 0.29) is 11.5 Å². The van der Waals surface area contributed by atoms with E-state index in [4.69, 9.17) is 4.74 Å². The molecule has 3 aromatic heterocycles. The summed E-state index contributed by atoms with van der Waals surface area (Å²) in [5.41, 5.74) is 3.66. The number of nitrogens with one attached hydrogen (secondary N) is 1. The Bertz CT molecular complexity index is 1210. The molecule has 1 saturated carbocycles. The van der Waals surface area contributed by atoms with Crippen LogP contribution in [0.5, 0.6) is 0 Å². The van der Waals surface area contributed by atoms with Crippen molar-refractivity contribution in [2.45, 2.75) is 71.9 Å². The minimum Gasteiger partial charge on any atom is -0.451 e. The van der Waals surface area contributed by atoms with E-state index in [1.807, 2.05) is 19.9 Å². The van der Waals surface area contributed by atoms with Crippen LogP contribution in [0.15, 0.2) is 10.9 Å². The van der Waals surface area contributed by atoms with Gasteiger partial charge in [0.1, 0.15) is 4.83 Å². The van der Waals surface area contributed by atoms with Crippen molar-refractivity contribution in [3.05, 3.63) is 49.6 Å². The molecule has 1 N–H and O–H groups in total. The summed E-state index contributed by atoms with van der Waals surface area (Å²) >= 11 is 1.61. The number of carbonyl (C=O) groups is 1. The van der Waals surface area contributed by atoms with Crippen LogP contribution in [0.25, 0.3) is 10.2 Å². The topological polar surface area (TPSA) is 77.0 Å². The van der Waals surface area contributed by atoms with E-state index in [1.54, 1.807) is 18.3 Å². The number of fused-ring (bicyclic) bond motifs is 3. The average molecular weight is 426 g/mol. The molecule has 1 fully saturated rings. The molecule has 0 radical (unpaired) electrons. The fourth-order valence-corrected chi connectivity index (χ4v) is 6.11. The third-order valence-electron chi connectivity index (χ3n) is 6.47. The summed E-state index contributed by atoms with van der Waals surface area (Å²) in [6, 6.07) is 2.41. The Labute approximate surface area is 179 Å². The molecule has 0 bridgehead atoms. The molecule has 7 heteroatoms. The highest BCUT2D eigenvalue weighted by atomic mass is 32.1. The Balaban J connectivity index is 1.42. The summed E-state index contributed by atoms with van der Waals surface area (Å²) in [5, 5.41) is 0.720. The third-order valence-corrected chi connectivity index (χ3v) is 7.62. The highest BCUT2D eigenvalue weighted by molar-refractivity contribution is 7.18. The predicted molar refractivity (Wildman–Crippen MR) is 117 cm³/mol. The Morgan fingerprint density at radius 3 is 2.83 bits per heavy atom. The summed E-state index contributed by atoms with van der Waals surface area (Å²) in [7, 11) is 0. The molecule has 2 atom stereocenters. The van der Waals surface area contributed by atoms with Crippen molar-refractivity contribution in [1.82, 2.24) is 14.5 Å². The molecule has 0 amide bonds. The summed E-state index contributed by atoms with van der Waals surface area (Å²) in [5.74, 6) is 0.673. The van der Waals surface area contributed by atoms with Crippen molar-refractivity contribution >= 4 is 27.5 Å². The number of hydrogen-bond acceptors (Lipinski definition) is 5. The first-order valence-electron chi connectivity index (χ1n) is 10.8. The Kier molecular flexibility index (Phi) is 4.61. The molecule has 2 aliphatic carbocycles. The first-order chi connectivity index (χ1) is 14.3. The second-order valence-corrected chi connectivity index (χ2v) is 10.0. The number of rotatable bonds is 4. The molecule has 0 spiro atoms. The standard InChI is InChI=1S/C23H27N3O3S/c1-11-5-8-16-18(9-11)30-22-19(16)21(27)24-20(25-22)14(4)29-23(28)17-10-12(2)26(13(17)3)15-6-7-15/h10-11,14-15H,5-9H2,1-4H3,(H,24,25,27)/t11-,14+/m0/s1. The van der Waals surface area contributed by atoms with Gasteiger partial charge in [0, 0.05) is 22.3 Å². The van der Waals surface area contributed by atoms with Gasteiger partial charge in [0.05, 0.1) is 10.9 Å². The lowest BCUT2D eigenvalue weighted by Crippen LogP contribution is -2.18. The average Bonchev–Trinajstić information content (AvgIpc) is 3.37. The van der Waals surface area contributed by atoms with Gasteiger partial charge in [-0.15, -0.1) is 11.3 Å². The largest absolute Gasteiger partial charge is 0.451 e. The second kappa shape index (κ2) is 7.08. The van der Waals surface area contributed by atoms with Gasteiger partial charge in [-0.2, -0.15) is 0 Å². The molecule has 0 aromatic carbocycles. The van der Waals surface area contributed by atoms with Crippen LogP contribution in [-0.4, -0.2) is 20.5 Å². The van der Waals surface area contributed by atoms with Crippen LogP contribution in [0.4, 0.5) is 0 Å². The van der Waals surface area contributed by atoms with E-state index in [0.29, 0.717) is 23.3 Å². The number of aryl methyl sites for hydroxylation is 2. The van der Waals surface area contributed by atoms with Crippen LogP contribution in [0.3, 0.4) is 0 Å². The van der Waals surface area contributed by atoms with Gasteiger partial charge in [-0.05, 0) is 70.4 Å². The molecule has 0 aliphatic heterocycles. The minimum absolute atomic E-state index is 0.128. The molecular formula is C23H27N3O3S. The number of esters is 1. The maximum absolute atomic E-state index is 12.8. The van der Waals surface area contributed by atoms with Crippen molar-refractivity contribution < 1.29 is 9.53 Å². The lowest BCUT2D eigenvalue weighted by Gasteiger charge is -2.17. The zero-order valence-electron chi connectivity index (χ0n) is 17.9. The molecule has 0 unspecified atom stereocenters. The van der Waals surface area contributed by atoms with Gasteiger partial charge in [0.2, 0.25) is 0 Å². The molecule has 6 nitrogen and oxygen atoms in total. The van der Waals surface area contributed by atoms with E-state index < -0.39 is 6.10 Å². The fourth-order valence-electron chi connectivity index (χ4n) is 4.72. The first-order valence-corrected chi connectivity index (χ1v) is 11.6. The summed E-state index contributed by atoms with van der Waals surface area (Å²) in [4.78, 5) is 35.2. The van der Waals surface area contributed by atoms with Crippen molar-refractivity contribution in [2.24, 2.45) is 5.92 Å². The molecular weight excluding hydrogens is 398 g/mol. The lowest BCUT2D eigenvalue weighted by molar-refractivity contribution is 0.0319. The van der Waals surface area contributed by atoms with E-state index >= 15 is 0 Å². The SMILES string of the molecule is Cc1cc(C(=O)O[C@H](C)c2nc3sc4c(c3c(=O)[nH]2)CC[C@H](C)C4)c(C)n1C1CC1. The van der Waals surface area contributed by atoms with Gasteiger partial charge in [-0.25, -0.2) is 9.78 Å². The van der Waals surface area contributed by atoms with Gasteiger partial charge >= 0.3 is 5.97 Å². The van der Waals surface area contributed by atoms with Crippen LogP contribution in [0.1, 0.15) is 83.3 Å². The van der Waals surface area contributed by atoms with Gasteiger partial charge in [0.15, 0.2) is 11.9 Å². The minimum atomic E-state index is -0.628. The number of ether oxygens (including phenoxy) is 1. The highest BCUT2D eigenvalue weighted by Crippen LogP contribution is 2.39. The molecule has 0 saturated heterocycles. The quantitative estimate of drug-likeness (QED) is 0.610. The van der Waals surface area contributed by atoms with Crippen LogP contribution >= 0.6 is 11.3 Å². The monoisotopic (exact) mass is 425 g/mol. The Morgan fingerprint density at radius 2 is 2.10 bits per heavy atom. The first kappa shape index (κ1) is 19.5. The second-order valence-electron chi connectivity index (χ2n) is 8.92. The number of aromatic amines is 1. The maximum Gasteiger partial charge on any atom is 0.340 e. The summed E-state index contributed by atoms with van der Waals surface area (Å²) in [6.45, 7) is 8.00. The van der Waals surface area contributed by atoms with Crippen LogP contribution < -0.4 is 5.56 Å². The van der Waals surface area contributed by atoms with E-state index in [1.165, 1.54) is 4.88 Å². The number of aromatic nitrogens is 3. The molecule has 158 valence electrons. The molecule has 5 rings (SSSR count).